The van der Waals surface area contributed by atoms with Crippen molar-refractivity contribution in [1.29, 1.82) is 0 Å². The molecule has 29 heavy (non-hydrogen) atoms. The van der Waals surface area contributed by atoms with Gasteiger partial charge < -0.3 is 24.3 Å². The van der Waals surface area contributed by atoms with Crippen LogP contribution in [0.1, 0.15) is 12.8 Å². The van der Waals surface area contributed by atoms with Crippen molar-refractivity contribution in [2.45, 2.75) is 12.8 Å². The fourth-order valence-electron chi connectivity index (χ4n) is 3.82. The number of fused-ring (bicyclic) bond motifs is 3. The monoisotopic (exact) mass is 399 g/mol. The number of aromatic nitrogens is 2. The topological polar surface area (TPSA) is 62.1 Å². The van der Waals surface area contributed by atoms with Crippen LogP contribution < -0.4 is 10.2 Å². The zero-order valence-corrected chi connectivity index (χ0v) is 16.6. The standard InChI is InChI=1S/C21H26FN5O2/c1-29-14-3-8-23-21(28)26-10-4-9-25(12-13-26)20-19-5-2-11-27(19)18-7-6-16(22)15-17(18)24-20/h2,5-7,11,15H,3-4,8-10,12-14H2,1H3,(H,23,28). The first-order valence-corrected chi connectivity index (χ1v) is 10.0. The SMILES string of the molecule is COCCCNC(=O)N1CCCN(c2nc3cc(F)ccc3n3cccc23)CC1. The molecule has 1 N–H and O–H groups in total. The van der Waals surface area contributed by atoms with Gasteiger partial charge in [0.25, 0.3) is 0 Å². The number of halogens is 1. The van der Waals surface area contributed by atoms with E-state index in [0.29, 0.717) is 38.3 Å². The molecule has 8 heteroatoms. The van der Waals surface area contributed by atoms with Gasteiger partial charge in [-0.3, -0.25) is 0 Å². The van der Waals surface area contributed by atoms with Crippen LogP contribution in [-0.2, 0) is 4.74 Å². The largest absolute Gasteiger partial charge is 0.385 e. The molecule has 1 saturated heterocycles. The number of urea groups is 1. The van der Waals surface area contributed by atoms with E-state index in [4.69, 9.17) is 9.72 Å². The zero-order chi connectivity index (χ0) is 20.2. The Kier molecular flexibility index (Phi) is 5.80. The third-order valence-electron chi connectivity index (χ3n) is 5.29. The second-order valence-electron chi connectivity index (χ2n) is 7.24. The van der Waals surface area contributed by atoms with Gasteiger partial charge >= 0.3 is 6.03 Å². The van der Waals surface area contributed by atoms with Crippen LogP contribution in [0, 0.1) is 5.82 Å². The number of amides is 2. The van der Waals surface area contributed by atoms with Crippen LogP contribution in [0.15, 0.2) is 36.5 Å². The highest BCUT2D eigenvalue weighted by atomic mass is 19.1. The van der Waals surface area contributed by atoms with Gasteiger partial charge in [0.15, 0.2) is 5.82 Å². The van der Waals surface area contributed by atoms with Crippen LogP contribution in [0.4, 0.5) is 15.0 Å². The first-order valence-electron chi connectivity index (χ1n) is 10.0. The minimum absolute atomic E-state index is 0.0377. The average molecular weight is 399 g/mol. The number of nitrogens with zero attached hydrogens (tertiary/aromatic N) is 4. The molecule has 1 aliphatic rings. The summed E-state index contributed by atoms with van der Waals surface area (Å²) in [6, 6.07) is 8.64. The number of ether oxygens (including phenoxy) is 1. The molecule has 0 bridgehead atoms. The minimum atomic E-state index is -0.297. The molecule has 1 fully saturated rings. The Balaban J connectivity index is 1.52. The summed E-state index contributed by atoms with van der Waals surface area (Å²) in [5, 5.41) is 2.95. The first-order chi connectivity index (χ1) is 14.2. The van der Waals surface area contributed by atoms with Crippen LogP contribution in [0.3, 0.4) is 0 Å². The van der Waals surface area contributed by atoms with E-state index in [2.05, 4.69) is 10.2 Å². The lowest BCUT2D eigenvalue weighted by Crippen LogP contribution is -2.42. The summed E-state index contributed by atoms with van der Waals surface area (Å²) < 4.78 is 20.8. The Bertz CT molecular complexity index is 1010. The maximum absolute atomic E-state index is 13.8. The van der Waals surface area contributed by atoms with Gasteiger partial charge in [-0.1, -0.05) is 0 Å². The third kappa shape index (κ3) is 4.12. The highest BCUT2D eigenvalue weighted by Crippen LogP contribution is 2.26. The van der Waals surface area contributed by atoms with Crippen LogP contribution in [0.25, 0.3) is 16.6 Å². The maximum atomic E-state index is 13.8. The van der Waals surface area contributed by atoms with Gasteiger partial charge in [0.2, 0.25) is 0 Å². The Morgan fingerprint density at radius 3 is 2.97 bits per heavy atom. The first kappa shape index (κ1) is 19.4. The van der Waals surface area contributed by atoms with Crippen LogP contribution in [0.2, 0.25) is 0 Å². The summed E-state index contributed by atoms with van der Waals surface area (Å²) in [6.07, 6.45) is 3.62. The van der Waals surface area contributed by atoms with Gasteiger partial charge in [-0.15, -0.1) is 0 Å². The maximum Gasteiger partial charge on any atom is 0.317 e. The fraction of sp³-hybridized carbons (Fsp3) is 0.429. The van der Waals surface area contributed by atoms with Gasteiger partial charge in [0, 0.05) is 58.7 Å². The number of carbonyl (C=O) groups excluding carboxylic acids is 1. The van der Waals surface area contributed by atoms with Crippen molar-refractivity contribution in [3.8, 4) is 0 Å². The molecule has 0 unspecified atom stereocenters. The number of methoxy groups -OCH3 is 1. The van der Waals surface area contributed by atoms with E-state index in [9.17, 15) is 9.18 Å². The van der Waals surface area contributed by atoms with E-state index < -0.39 is 0 Å². The van der Waals surface area contributed by atoms with Gasteiger partial charge in [-0.25, -0.2) is 14.2 Å². The highest BCUT2D eigenvalue weighted by Gasteiger charge is 2.22. The molecule has 2 amide bonds. The number of nitrogens with one attached hydrogen (secondary N) is 1. The van der Waals surface area contributed by atoms with E-state index in [1.807, 2.05) is 27.6 Å². The van der Waals surface area contributed by atoms with Crippen molar-refractivity contribution in [1.82, 2.24) is 19.6 Å². The van der Waals surface area contributed by atoms with E-state index in [1.165, 1.54) is 12.1 Å². The second kappa shape index (κ2) is 8.65. The Labute approximate surface area is 169 Å². The lowest BCUT2D eigenvalue weighted by molar-refractivity contribution is 0.186. The van der Waals surface area contributed by atoms with E-state index >= 15 is 0 Å². The van der Waals surface area contributed by atoms with Crippen molar-refractivity contribution in [2.24, 2.45) is 0 Å². The molecule has 1 aliphatic heterocycles. The quantitative estimate of drug-likeness (QED) is 0.670. The van der Waals surface area contributed by atoms with E-state index in [0.717, 1.165) is 36.2 Å². The second-order valence-corrected chi connectivity index (χ2v) is 7.24. The molecule has 4 rings (SSSR count). The van der Waals surface area contributed by atoms with E-state index in [1.54, 1.807) is 13.2 Å². The van der Waals surface area contributed by atoms with Gasteiger partial charge in [0.1, 0.15) is 5.82 Å². The molecule has 7 nitrogen and oxygen atoms in total. The third-order valence-corrected chi connectivity index (χ3v) is 5.29. The fourth-order valence-corrected chi connectivity index (χ4v) is 3.82. The Morgan fingerprint density at radius 1 is 1.21 bits per heavy atom. The number of anilines is 1. The van der Waals surface area contributed by atoms with Crippen molar-refractivity contribution < 1.29 is 13.9 Å². The molecule has 0 atom stereocenters. The smallest absolute Gasteiger partial charge is 0.317 e. The van der Waals surface area contributed by atoms with Crippen LogP contribution >= 0.6 is 0 Å². The molecule has 0 spiro atoms. The van der Waals surface area contributed by atoms with Gasteiger partial charge in [-0.2, -0.15) is 0 Å². The van der Waals surface area contributed by atoms with Crippen molar-refractivity contribution in [2.75, 3.05) is 51.3 Å². The minimum Gasteiger partial charge on any atom is -0.385 e. The number of hydrogen-bond donors (Lipinski definition) is 1. The predicted molar refractivity (Wildman–Crippen MR) is 111 cm³/mol. The highest BCUT2D eigenvalue weighted by molar-refractivity contribution is 5.85. The molecular formula is C21H26FN5O2. The normalized spacial score (nSPS) is 15.1. The van der Waals surface area contributed by atoms with Crippen LogP contribution in [-0.4, -0.2) is 66.8 Å². The predicted octanol–water partition coefficient (Wildman–Crippen LogP) is 2.88. The summed E-state index contributed by atoms with van der Waals surface area (Å²) in [6.45, 7) is 4.03. The molecule has 3 heterocycles. The summed E-state index contributed by atoms with van der Waals surface area (Å²) in [7, 11) is 1.66. The summed E-state index contributed by atoms with van der Waals surface area (Å²) in [4.78, 5) is 21.3. The van der Waals surface area contributed by atoms with Crippen molar-refractivity contribution in [3.05, 3.63) is 42.3 Å². The zero-order valence-electron chi connectivity index (χ0n) is 16.6. The molecule has 3 aromatic rings. The molecular weight excluding hydrogens is 373 g/mol. The molecule has 154 valence electrons. The number of hydrogen-bond acceptors (Lipinski definition) is 4. The van der Waals surface area contributed by atoms with Crippen LogP contribution in [0.5, 0.6) is 0 Å². The molecule has 2 aromatic heterocycles. The van der Waals surface area contributed by atoms with Gasteiger partial charge in [-0.05, 0) is 37.1 Å². The van der Waals surface area contributed by atoms with Gasteiger partial charge in [0.05, 0.1) is 16.6 Å². The number of rotatable bonds is 5. The molecule has 0 saturated carbocycles. The number of carbonyl (C=O) groups is 1. The van der Waals surface area contributed by atoms with Crippen molar-refractivity contribution >= 4 is 28.4 Å². The molecule has 0 aliphatic carbocycles. The summed E-state index contributed by atoms with van der Waals surface area (Å²) >= 11 is 0. The average Bonchev–Trinajstić information content (AvgIpc) is 3.08. The Hall–Kier alpha value is -2.87. The lowest BCUT2D eigenvalue weighted by Gasteiger charge is -2.24. The van der Waals surface area contributed by atoms with E-state index in [-0.39, 0.29) is 11.8 Å². The summed E-state index contributed by atoms with van der Waals surface area (Å²) in [5.74, 6) is 0.532. The Morgan fingerprint density at radius 2 is 2.10 bits per heavy atom. The lowest BCUT2D eigenvalue weighted by atomic mass is 10.2. The summed E-state index contributed by atoms with van der Waals surface area (Å²) in [5.41, 5.74) is 2.49. The van der Waals surface area contributed by atoms with Crippen molar-refractivity contribution in [3.63, 3.8) is 0 Å². The molecule has 0 radical (unpaired) electrons. The number of benzene rings is 1. The molecule has 1 aromatic carbocycles.